The molecule has 98 valence electrons. The third-order valence-electron chi connectivity index (χ3n) is 5.69. The van der Waals surface area contributed by atoms with Crippen LogP contribution in [0.4, 0.5) is 8.78 Å². The number of ether oxygens (including phenoxy) is 1. The molecule has 0 N–H and O–H groups in total. The fraction of sp³-hybridized carbons (Fsp3) is 0.846. The van der Waals surface area contributed by atoms with Crippen LogP contribution in [0.25, 0.3) is 0 Å². The van der Waals surface area contributed by atoms with Crippen molar-refractivity contribution in [3.63, 3.8) is 0 Å². The minimum absolute atomic E-state index is 0.0589. The number of carbonyl (C=O) groups is 2. The molecule has 2 bridgehead atoms. The van der Waals surface area contributed by atoms with E-state index in [0.717, 1.165) is 12.8 Å². The van der Waals surface area contributed by atoms with Crippen LogP contribution in [-0.2, 0) is 14.3 Å². The van der Waals surface area contributed by atoms with Gasteiger partial charge >= 0.3 is 11.9 Å². The fourth-order valence-electron chi connectivity index (χ4n) is 4.82. The second-order valence-electron chi connectivity index (χ2n) is 6.56. The Kier molecular flexibility index (Phi) is 1.59. The number of hydrogen-bond acceptors (Lipinski definition) is 3. The molecule has 4 aliphatic rings. The first-order valence-corrected chi connectivity index (χ1v) is 6.44. The molecule has 1 spiro atoms. The third-order valence-corrected chi connectivity index (χ3v) is 5.69. The first-order valence-electron chi connectivity index (χ1n) is 6.44. The van der Waals surface area contributed by atoms with E-state index < -0.39 is 17.5 Å². The normalized spacial score (nSPS) is 51.5. The number of rotatable bonds is 2. The van der Waals surface area contributed by atoms with E-state index >= 15 is 0 Å². The first-order chi connectivity index (χ1) is 8.29. The molecule has 0 aromatic carbocycles. The SMILES string of the molecule is CC(F)(F)C(=O)OC12CC3CC4C(CC41C2)C3=O. The summed E-state index contributed by atoms with van der Waals surface area (Å²) in [5, 5.41) is 0. The average Bonchev–Trinajstić information content (AvgIpc) is 2.85. The predicted molar refractivity (Wildman–Crippen MR) is 55.8 cm³/mol. The molecule has 4 rings (SSSR count). The maximum atomic E-state index is 12.9. The van der Waals surface area contributed by atoms with Crippen LogP contribution in [0.15, 0.2) is 0 Å². The van der Waals surface area contributed by atoms with E-state index in [1.54, 1.807) is 0 Å². The van der Waals surface area contributed by atoms with Gasteiger partial charge in [-0.15, -0.1) is 0 Å². The number of Topliss-reactive ketones (excluding diaryl/α,β-unsaturated/α-hetero) is 1. The molecule has 5 unspecified atom stereocenters. The maximum absolute atomic E-state index is 12.9. The maximum Gasteiger partial charge on any atom is 0.377 e. The Balaban J connectivity index is 1.61. The zero-order valence-corrected chi connectivity index (χ0v) is 10.0. The molecule has 5 heteroatoms. The van der Waals surface area contributed by atoms with Gasteiger partial charge in [-0.3, -0.25) is 4.79 Å². The number of alkyl halides is 2. The van der Waals surface area contributed by atoms with E-state index in [1.165, 1.54) is 0 Å². The highest BCUT2D eigenvalue weighted by Gasteiger charge is 2.85. The summed E-state index contributed by atoms with van der Waals surface area (Å²) in [6.07, 6.45) is 2.79. The number of esters is 1. The Morgan fingerprint density at radius 1 is 1.44 bits per heavy atom. The van der Waals surface area contributed by atoms with Crippen LogP contribution in [0.5, 0.6) is 0 Å². The highest BCUT2D eigenvalue weighted by molar-refractivity contribution is 5.90. The summed E-state index contributed by atoms with van der Waals surface area (Å²) in [6, 6.07) is 0. The minimum Gasteiger partial charge on any atom is -0.454 e. The van der Waals surface area contributed by atoms with Gasteiger partial charge in [0.1, 0.15) is 11.4 Å². The van der Waals surface area contributed by atoms with Crippen LogP contribution >= 0.6 is 0 Å². The van der Waals surface area contributed by atoms with E-state index in [1.807, 2.05) is 0 Å². The van der Waals surface area contributed by atoms with Gasteiger partial charge in [-0.25, -0.2) is 4.79 Å². The molecule has 0 heterocycles. The van der Waals surface area contributed by atoms with Crippen LogP contribution in [0.1, 0.15) is 32.6 Å². The highest BCUT2D eigenvalue weighted by atomic mass is 19.3. The Morgan fingerprint density at radius 3 is 2.83 bits per heavy atom. The molecule has 0 amide bonds. The molecule has 0 saturated heterocycles. The Bertz CT molecular complexity index is 483. The van der Waals surface area contributed by atoms with Gasteiger partial charge in [-0.05, 0) is 31.6 Å². The second-order valence-corrected chi connectivity index (χ2v) is 6.56. The van der Waals surface area contributed by atoms with Crippen molar-refractivity contribution in [2.45, 2.75) is 44.1 Å². The highest BCUT2D eigenvalue weighted by Crippen LogP contribution is 2.83. The van der Waals surface area contributed by atoms with Crippen LogP contribution < -0.4 is 0 Å². The molecule has 0 aliphatic heterocycles. The lowest BCUT2D eigenvalue weighted by molar-refractivity contribution is -0.186. The van der Waals surface area contributed by atoms with E-state index in [9.17, 15) is 18.4 Å². The van der Waals surface area contributed by atoms with Crippen molar-refractivity contribution in [3.8, 4) is 0 Å². The topological polar surface area (TPSA) is 43.4 Å². The first kappa shape index (κ1) is 10.9. The Morgan fingerprint density at radius 2 is 2.17 bits per heavy atom. The summed E-state index contributed by atoms with van der Waals surface area (Å²) < 4.78 is 31.0. The monoisotopic (exact) mass is 256 g/mol. The zero-order valence-electron chi connectivity index (χ0n) is 10.0. The molecule has 0 aromatic rings. The van der Waals surface area contributed by atoms with Gasteiger partial charge in [0.05, 0.1) is 0 Å². The molecule has 4 aliphatic carbocycles. The number of ketones is 1. The van der Waals surface area contributed by atoms with Crippen LogP contribution in [0.2, 0.25) is 0 Å². The van der Waals surface area contributed by atoms with Crippen molar-refractivity contribution in [2.75, 3.05) is 0 Å². The smallest absolute Gasteiger partial charge is 0.377 e. The average molecular weight is 256 g/mol. The van der Waals surface area contributed by atoms with Gasteiger partial charge in [0.25, 0.3) is 0 Å². The zero-order chi connectivity index (χ0) is 12.9. The van der Waals surface area contributed by atoms with E-state index in [4.69, 9.17) is 4.74 Å². The molecule has 4 saturated carbocycles. The summed E-state index contributed by atoms with van der Waals surface area (Å²) >= 11 is 0. The number of fused-ring (bicyclic) bond motifs is 1. The van der Waals surface area contributed by atoms with E-state index in [0.29, 0.717) is 25.7 Å². The van der Waals surface area contributed by atoms with Gasteiger partial charge in [0.2, 0.25) is 0 Å². The molecule has 3 nitrogen and oxygen atoms in total. The van der Waals surface area contributed by atoms with Gasteiger partial charge in [-0.1, -0.05) is 0 Å². The van der Waals surface area contributed by atoms with Crippen molar-refractivity contribution in [3.05, 3.63) is 0 Å². The van der Waals surface area contributed by atoms with Crippen molar-refractivity contribution in [1.82, 2.24) is 0 Å². The number of hydrogen-bond donors (Lipinski definition) is 0. The Labute approximate surface area is 103 Å². The lowest BCUT2D eigenvalue weighted by atomic mass is 9.60. The molecule has 0 aromatic heterocycles. The summed E-state index contributed by atoms with van der Waals surface area (Å²) in [7, 11) is 0. The second kappa shape index (κ2) is 2.63. The van der Waals surface area contributed by atoms with Crippen molar-refractivity contribution >= 4 is 11.8 Å². The van der Waals surface area contributed by atoms with Gasteiger partial charge in [0, 0.05) is 24.2 Å². The predicted octanol–water partition coefficient (Wildman–Crippen LogP) is 1.94. The van der Waals surface area contributed by atoms with Crippen molar-refractivity contribution in [2.24, 2.45) is 23.2 Å². The lowest BCUT2D eigenvalue weighted by Crippen LogP contribution is -2.46. The van der Waals surface area contributed by atoms with Crippen molar-refractivity contribution in [1.29, 1.82) is 0 Å². The van der Waals surface area contributed by atoms with Gasteiger partial charge < -0.3 is 4.74 Å². The molecular weight excluding hydrogens is 242 g/mol. The molecular formula is C13H14F2O3. The van der Waals surface area contributed by atoms with Gasteiger partial charge in [0.15, 0.2) is 0 Å². The fourth-order valence-corrected chi connectivity index (χ4v) is 4.82. The number of carbonyl (C=O) groups excluding carboxylic acids is 2. The largest absolute Gasteiger partial charge is 0.454 e. The molecule has 4 fully saturated rings. The summed E-state index contributed by atoms with van der Waals surface area (Å²) in [5.41, 5.74) is -0.860. The molecule has 18 heavy (non-hydrogen) atoms. The summed E-state index contributed by atoms with van der Waals surface area (Å²) in [6.45, 7) is 0.563. The Hall–Kier alpha value is -1.00. The van der Waals surface area contributed by atoms with Crippen molar-refractivity contribution < 1.29 is 23.1 Å². The molecule has 0 radical (unpaired) electrons. The summed E-state index contributed by atoms with van der Waals surface area (Å²) in [4.78, 5) is 23.3. The van der Waals surface area contributed by atoms with Crippen LogP contribution in [0, 0.1) is 23.2 Å². The lowest BCUT2D eigenvalue weighted by Gasteiger charge is -2.44. The third kappa shape index (κ3) is 0.972. The van der Waals surface area contributed by atoms with Gasteiger partial charge in [-0.2, -0.15) is 8.78 Å². The quantitative estimate of drug-likeness (QED) is 0.709. The van der Waals surface area contributed by atoms with E-state index in [-0.39, 0.29) is 23.0 Å². The van der Waals surface area contributed by atoms with E-state index in [2.05, 4.69) is 0 Å². The standard InChI is InChI=1S/C13H14F2O3/c1-11(14,15)10(17)18-13-3-6-2-8-7(9(6)16)4-12(8,13)5-13/h6-8H,2-5H2,1H3. The molecule has 5 atom stereocenters. The van der Waals surface area contributed by atoms with Crippen LogP contribution in [0.3, 0.4) is 0 Å². The van der Waals surface area contributed by atoms with Crippen LogP contribution in [-0.4, -0.2) is 23.3 Å². The summed E-state index contributed by atoms with van der Waals surface area (Å²) in [5.74, 6) is -4.24. The minimum atomic E-state index is -3.44. The number of halogens is 2.